The Morgan fingerprint density at radius 1 is 1.08 bits per heavy atom. The number of likely N-dealkylation sites (tertiary alicyclic amines) is 1. The highest BCUT2D eigenvalue weighted by Crippen LogP contribution is 2.22. The summed E-state index contributed by atoms with van der Waals surface area (Å²) in [6, 6.07) is 14.6. The zero-order chi connectivity index (χ0) is 17.9. The van der Waals surface area contributed by atoms with Gasteiger partial charge < -0.3 is 10.2 Å². The number of fused-ring (bicyclic) bond motifs is 1. The molecule has 3 heterocycles. The van der Waals surface area contributed by atoms with Gasteiger partial charge in [-0.1, -0.05) is 30.7 Å². The van der Waals surface area contributed by atoms with Gasteiger partial charge in [0.2, 0.25) is 5.95 Å². The number of nitrogens with one attached hydrogen (secondary N) is 1. The van der Waals surface area contributed by atoms with Gasteiger partial charge in [-0.3, -0.25) is 0 Å². The van der Waals surface area contributed by atoms with Crippen molar-refractivity contribution in [3.63, 3.8) is 0 Å². The van der Waals surface area contributed by atoms with Crippen molar-refractivity contribution in [3.8, 4) is 0 Å². The minimum atomic E-state index is 0.655. The molecule has 1 N–H and O–H groups in total. The number of hydrogen-bond acceptors (Lipinski definition) is 4. The number of pyridine rings is 1. The number of anilines is 2. The van der Waals surface area contributed by atoms with Gasteiger partial charge in [-0.15, -0.1) is 5.10 Å². The Hall–Kier alpha value is -2.40. The predicted molar refractivity (Wildman–Crippen MR) is 106 cm³/mol. The van der Waals surface area contributed by atoms with Gasteiger partial charge in [0.1, 0.15) is 0 Å². The molecule has 0 saturated carbocycles. The number of aryl methyl sites for hydroxylation is 1. The summed E-state index contributed by atoms with van der Waals surface area (Å²) in [5, 5.41) is 8.03. The van der Waals surface area contributed by atoms with Gasteiger partial charge in [-0.05, 0) is 76.0 Å². The standard InChI is InChI=1S/C21H27N5/c1-3-25-13-11-17(12-14-25)15-19-5-4-6-20-23-21(24-26(19)20)22-18-9-7-16(2)8-10-18/h4-10,17H,3,11-15H2,1-2H3,(H,22,24). The minimum Gasteiger partial charge on any atom is -0.323 e. The third-order valence-corrected chi connectivity index (χ3v) is 5.40. The van der Waals surface area contributed by atoms with E-state index in [0.717, 1.165) is 23.7 Å². The molecule has 1 fully saturated rings. The molecule has 4 rings (SSSR count). The van der Waals surface area contributed by atoms with E-state index in [1.54, 1.807) is 0 Å². The average Bonchev–Trinajstić information content (AvgIpc) is 3.08. The maximum absolute atomic E-state index is 4.71. The molecule has 1 aliphatic heterocycles. The number of nitrogens with zero attached hydrogens (tertiary/aromatic N) is 4. The second kappa shape index (κ2) is 7.46. The number of hydrogen-bond donors (Lipinski definition) is 1. The van der Waals surface area contributed by atoms with Crippen molar-refractivity contribution in [2.24, 2.45) is 5.92 Å². The number of aromatic nitrogens is 3. The van der Waals surface area contributed by atoms with E-state index in [1.807, 2.05) is 10.6 Å². The lowest BCUT2D eigenvalue weighted by Gasteiger charge is -2.31. The molecule has 5 nitrogen and oxygen atoms in total. The van der Waals surface area contributed by atoms with Crippen molar-refractivity contribution in [1.29, 1.82) is 0 Å². The van der Waals surface area contributed by atoms with Crippen LogP contribution in [0.3, 0.4) is 0 Å². The molecular formula is C21H27N5. The molecular weight excluding hydrogens is 322 g/mol. The van der Waals surface area contributed by atoms with Crippen molar-refractivity contribution in [3.05, 3.63) is 53.7 Å². The molecule has 1 saturated heterocycles. The topological polar surface area (TPSA) is 45.5 Å². The maximum Gasteiger partial charge on any atom is 0.247 e. The Labute approximate surface area is 155 Å². The van der Waals surface area contributed by atoms with Gasteiger partial charge in [-0.25, -0.2) is 4.52 Å². The Kier molecular flexibility index (Phi) is 4.89. The fraction of sp³-hybridized carbons (Fsp3) is 0.429. The Balaban J connectivity index is 1.51. The molecule has 26 heavy (non-hydrogen) atoms. The van der Waals surface area contributed by atoms with Crippen LogP contribution >= 0.6 is 0 Å². The first-order valence-corrected chi connectivity index (χ1v) is 9.62. The molecule has 0 amide bonds. The smallest absolute Gasteiger partial charge is 0.247 e. The first-order chi connectivity index (χ1) is 12.7. The molecule has 0 unspecified atom stereocenters. The third kappa shape index (κ3) is 3.73. The average molecular weight is 349 g/mol. The normalized spacial score (nSPS) is 16.2. The highest BCUT2D eigenvalue weighted by molar-refractivity contribution is 5.56. The van der Waals surface area contributed by atoms with Crippen LogP contribution in [0.25, 0.3) is 5.65 Å². The van der Waals surface area contributed by atoms with Crippen LogP contribution in [0, 0.1) is 12.8 Å². The minimum absolute atomic E-state index is 0.655. The monoisotopic (exact) mass is 349 g/mol. The molecule has 136 valence electrons. The van der Waals surface area contributed by atoms with Gasteiger partial charge in [0.05, 0.1) is 0 Å². The van der Waals surface area contributed by atoms with E-state index in [4.69, 9.17) is 5.10 Å². The second-order valence-corrected chi connectivity index (χ2v) is 7.30. The lowest BCUT2D eigenvalue weighted by atomic mass is 9.92. The van der Waals surface area contributed by atoms with Crippen LogP contribution in [-0.4, -0.2) is 39.1 Å². The van der Waals surface area contributed by atoms with Crippen molar-refractivity contribution >= 4 is 17.3 Å². The summed E-state index contributed by atoms with van der Waals surface area (Å²) >= 11 is 0. The molecule has 0 bridgehead atoms. The predicted octanol–water partition coefficient (Wildman–Crippen LogP) is 4.06. The molecule has 0 atom stereocenters. The third-order valence-electron chi connectivity index (χ3n) is 5.40. The molecule has 2 aromatic heterocycles. The largest absolute Gasteiger partial charge is 0.323 e. The summed E-state index contributed by atoms with van der Waals surface area (Å²) in [4.78, 5) is 7.18. The van der Waals surface area contributed by atoms with Gasteiger partial charge in [0, 0.05) is 11.4 Å². The van der Waals surface area contributed by atoms with Crippen molar-refractivity contribution in [2.45, 2.75) is 33.1 Å². The van der Waals surface area contributed by atoms with Crippen LogP contribution in [0.4, 0.5) is 11.6 Å². The second-order valence-electron chi connectivity index (χ2n) is 7.30. The highest BCUT2D eigenvalue weighted by atomic mass is 15.4. The summed E-state index contributed by atoms with van der Waals surface area (Å²) in [5.41, 5.74) is 4.42. The van der Waals surface area contributed by atoms with Crippen LogP contribution in [0.2, 0.25) is 0 Å². The van der Waals surface area contributed by atoms with Crippen molar-refractivity contribution < 1.29 is 0 Å². The van der Waals surface area contributed by atoms with Crippen LogP contribution in [-0.2, 0) is 6.42 Å². The van der Waals surface area contributed by atoms with E-state index < -0.39 is 0 Å². The van der Waals surface area contributed by atoms with Crippen LogP contribution < -0.4 is 5.32 Å². The Morgan fingerprint density at radius 2 is 1.85 bits per heavy atom. The SMILES string of the molecule is CCN1CCC(Cc2cccc3nc(Nc4ccc(C)cc4)nn23)CC1. The fourth-order valence-corrected chi connectivity index (χ4v) is 3.74. The molecule has 0 spiro atoms. The summed E-state index contributed by atoms with van der Waals surface area (Å²) in [7, 11) is 0. The summed E-state index contributed by atoms with van der Waals surface area (Å²) in [6.45, 7) is 7.94. The first kappa shape index (κ1) is 17.0. The van der Waals surface area contributed by atoms with Crippen molar-refractivity contribution in [1.82, 2.24) is 19.5 Å². The van der Waals surface area contributed by atoms with E-state index in [9.17, 15) is 0 Å². The molecule has 3 aromatic rings. The van der Waals surface area contributed by atoms with E-state index in [1.165, 1.54) is 43.7 Å². The molecule has 1 aliphatic rings. The highest BCUT2D eigenvalue weighted by Gasteiger charge is 2.19. The first-order valence-electron chi connectivity index (χ1n) is 9.62. The molecule has 0 aliphatic carbocycles. The van der Waals surface area contributed by atoms with Gasteiger partial charge in [-0.2, -0.15) is 4.98 Å². The van der Waals surface area contributed by atoms with E-state index in [0.29, 0.717) is 5.95 Å². The van der Waals surface area contributed by atoms with Gasteiger partial charge >= 0.3 is 0 Å². The van der Waals surface area contributed by atoms with Gasteiger partial charge in [0.15, 0.2) is 5.65 Å². The van der Waals surface area contributed by atoms with E-state index in [2.05, 4.69) is 65.4 Å². The molecule has 0 radical (unpaired) electrons. The Morgan fingerprint density at radius 3 is 2.58 bits per heavy atom. The number of piperidine rings is 1. The van der Waals surface area contributed by atoms with Crippen molar-refractivity contribution in [2.75, 3.05) is 25.0 Å². The zero-order valence-corrected chi connectivity index (χ0v) is 15.7. The fourth-order valence-electron chi connectivity index (χ4n) is 3.74. The zero-order valence-electron chi connectivity index (χ0n) is 15.7. The van der Waals surface area contributed by atoms with Gasteiger partial charge in [0.25, 0.3) is 0 Å². The quantitative estimate of drug-likeness (QED) is 0.755. The lowest BCUT2D eigenvalue weighted by molar-refractivity contribution is 0.191. The van der Waals surface area contributed by atoms with Crippen LogP contribution in [0.15, 0.2) is 42.5 Å². The Bertz CT molecular complexity index is 860. The number of rotatable bonds is 5. The molecule has 5 heteroatoms. The summed E-state index contributed by atoms with van der Waals surface area (Å²) in [5.74, 6) is 1.39. The van der Waals surface area contributed by atoms with Crippen LogP contribution in [0.5, 0.6) is 0 Å². The summed E-state index contributed by atoms with van der Waals surface area (Å²) in [6.07, 6.45) is 3.61. The molecule has 1 aromatic carbocycles. The number of benzene rings is 1. The van der Waals surface area contributed by atoms with E-state index in [-0.39, 0.29) is 0 Å². The van der Waals surface area contributed by atoms with E-state index >= 15 is 0 Å². The van der Waals surface area contributed by atoms with Crippen LogP contribution in [0.1, 0.15) is 31.0 Å². The lowest BCUT2D eigenvalue weighted by Crippen LogP contribution is -2.34. The summed E-state index contributed by atoms with van der Waals surface area (Å²) < 4.78 is 2.00. The maximum atomic E-state index is 4.71.